The van der Waals surface area contributed by atoms with Gasteiger partial charge in [0.05, 0.1) is 12.2 Å². The van der Waals surface area contributed by atoms with Gasteiger partial charge in [-0.3, -0.25) is 0 Å². The molecule has 1 unspecified atom stereocenters. The van der Waals surface area contributed by atoms with Gasteiger partial charge in [-0.25, -0.2) is 9.48 Å². The number of unbranched alkanes of at least 4 members (excludes halogenated alkanes) is 17. The molecule has 0 aromatic carbocycles. The van der Waals surface area contributed by atoms with E-state index in [1.807, 2.05) is 6.20 Å². The van der Waals surface area contributed by atoms with Gasteiger partial charge < -0.3 is 15.6 Å². The van der Waals surface area contributed by atoms with Gasteiger partial charge in [-0.05, 0) is 32.1 Å². The summed E-state index contributed by atoms with van der Waals surface area (Å²) in [4.78, 5) is 15.6. The van der Waals surface area contributed by atoms with E-state index in [9.17, 15) is 9.90 Å². The molecule has 202 valence electrons. The second kappa shape index (κ2) is 21.8. The number of carboxylic acids is 1. The van der Waals surface area contributed by atoms with Crippen LogP contribution >= 0.6 is 0 Å². The average molecular weight is 490 g/mol. The monoisotopic (exact) mass is 489 g/mol. The lowest BCUT2D eigenvalue weighted by Crippen LogP contribution is -2.55. The predicted molar refractivity (Wildman–Crippen MR) is 148 cm³/mol. The van der Waals surface area contributed by atoms with E-state index in [0.29, 0.717) is 13.1 Å². The van der Waals surface area contributed by atoms with Crippen LogP contribution in [0.25, 0.3) is 0 Å². The van der Waals surface area contributed by atoms with E-state index in [-0.39, 0.29) is 11.0 Å². The van der Waals surface area contributed by atoms with Crippen LogP contribution in [0.15, 0.2) is 29.5 Å². The summed E-state index contributed by atoms with van der Waals surface area (Å²) in [5.74, 6) is -0.126. The standard InChI is InChI=1S/C30H55N3O2/c1-2-3-4-5-6-7-8-9-10-11-12-13-14-15-16-17-18-19-20-21-22-23-29-32-25-27-33(29,26-24-31)28-30(34)35/h11-12,25,27H,2-10,13-24,26,28,31H2,1H3/b12-11+. The van der Waals surface area contributed by atoms with E-state index in [1.54, 1.807) is 6.20 Å². The van der Waals surface area contributed by atoms with Crippen LogP contribution in [-0.2, 0) is 4.79 Å². The molecule has 0 saturated heterocycles. The number of nitrogens with two attached hydrogens (primary N) is 1. The number of allylic oxidation sites excluding steroid dienone is 2. The molecule has 5 nitrogen and oxygen atoms in total. The maximum absolute atomic E-state index is 11.2. The molecule has 0 fully saturated rings. The first-order chi connectivity index (χ1) is 17.1. The summed E-state index contributed by atoms with van der Waals surface area (Å²) in [6.07, 6.45) is 34.5. The first-order valence-corrected chi connectivity index (χ1v) is 14.8. The molecule has 0 bridgehead atoms. The zero-order valence-electron chi connectivity index (χ0n) is 22.9. The van der Waals surface area contributed by atoms with E-state index in [2.05, 4.69) is 24.1 Å². The van der Waals surface area contributed by atoms with Gasteiger partial charge in [0.2, 0.25) is 5.84 Å². The van der Waals surface area contributed by atoms with Crippen molar-refractivity contribution >= 4 is 11.8 Å². The van der Waals surface area contributed by atoms with Crippen molar-refractivity contribution in [2.45, 2.75) is 135 Å². The Balaban J connectivity index is 1.89. The van der Waals surface area contributed by atoms with Crippen molar-refractivity contribution < 1.29 is 14.4 Å². The quantitative estimate of drug-likeness (QED) is 0.0872. The van der Waals surface area contributed by atoms with Gasteiger partial charge in [0.1, 0.15) is 19.3 Å². The average Bonchev–Trinajstić information content (AvgIpc) is 3.21. The van der Waals surface area contributed by atoms with Crippen molar-refractivity contribution in [2.24, 2.45) is 10.7 Å². The van der Waals surface area contributed by atoms with Crippen LogP contribution in [0.4, 0.5) is 0 Å². The van der Waals surface area contributed by atoms with Crippen LogP contribution in [0.1, 0.15) is 135 Å². The Hall–Kier alpha value is -1.46. The molecular weight excluding hydrogens is 434 g/mol. The molecule has 2 N–H and O–H groups in total. The topological polar surface area (TPSA) is 78.5 Å². The van der Waals surface area contributed by atoms with E-state index < -0.39 is 5.97 Å². The number of carbonyl (C=O) groups is 1. The Morgan fingerprint density at radius 3 is 1.80 bits per heavy atom. The highest BCUT2D eigenvalue weighted by Gasteiger charge is 2.34. The molecule has 0 amide bonds. The van der Waals surface area contributed by atoms with E-state index in [4.69, 9.17) is 5.73 Å². The van der Waals surface area contributed by atoms with Crippen LogP contribution in [0.5, 0.6) is 0 Å². The maximum Gasteiger partial charge on any atom is 0.207 e. The van der Waals surface area contributed by atoms with Crippen molar-refractivity contribution in [1.82, 2.24) is 0 Å². The van der Waals surface area contributed by atoms with Gasteiger partial charge >= 0.3 is 0 Å². The van der Waals surface area contributed by atoms with Crippen LogP contribution in [0.2, 0.25) is 0 Å². The summed E-state index contributed by atoms with van der Waals surface area (Å²) in [7, 11) is 0. The Morgan fingerprint density at radius 2 is 1.31 bits per heavy atom. The van der Waals surface area contributed by atoms with E-state index in [0.717, 1.165) is 18.7 Å². The molecule has 0 aliphatic carbocycles. The summed E-state index contributed by atoms with van der Waals surface area (Å²) >= 11 is 0. The molecule has 1 aliphatic heterocycles. The largest absolute Gasteiger partial charge is 0.544 e. The second-order valence-corrected chi connectivity index (χ2v) is 10.4. The van der Waals surface area contributed by atoms with Crippen LogP contribution in [-0.4, -0.2) is 35.9 Å². The lowest BCUT2D eigenvalue weighted by molar-refractivity contribution is -0.780. The molecule has 5 heteroatoms. The van der Waals surface area contributed by atoms with Crippen molar-refractivity contribution in [1.29, 1.82) is 0 Å². The second-order valence-electron chi connectivity index (χ2n) is 10.4. The fraction of sp³-hybridized carbons (Fsp3) is 0.800. The minimum atomic E-state index is -1.05. The normalized spacial score (nSPS) is 17.5. The number of amidine groups is 1. The first kappa shape index (κ1) is 31.6. The minimum Gasteiger partial charge on any atom is -0.544 e. The molecule has 1 rings (SSSR count). The molecule has 0 aromatic rings. The molecule has 1 heterocycles. The lowest BCUT2D eigenvalue weighted by atomic mass is 10.0. The van der Waals surface area contributed by atoms with Gasteiger partial charge in [0.15, 0.2) is 0 Å². The Morgan fingerprint density at radius 1 is 0.829 bits per heavy atom. The zero-order chi connectivity index (χ0) is 25.5. The summed E-state index contributed by atoms with van der Waals surface area (Å²) in [6.45, 7) is 3.22. The molecular formula is C30H55N3O2. The van der Waals surface area contributed by atoms with Gasteiger partial charge in [0, 0.05) is 13.0 Å². The number of hydrogen-bond acceptors (Lipinski definition) is 4. The maximum atomic E-state index is 11.2. The molecule has 1 aliphatic rings. The van der Waals surface area contributed by atoms with E-state index >= 15 is 0 Å². The van der Waals surface area contributed by atoms with Gasteiger partial charge in [-0.1, -0.05) is 109 Å². The van der Waals surface area contributed by atoms with Gasteiger partial charge in [0.25, 0.3) is 0 Å². The third kappa shape index (κ3) is 16.0. The first-order valence-electron chi connectivity index (χ1n) is 14.8. The van der Waals surface area contributed by atoms with Crippen LogP contribution < -0.4 is 10.8 Å². The molecule has 0 radical (unpaired) electrons. The lowest BCUT2D eigenvalue weighted by Gasteiger charge is -2.32. The van der Waals surface area contributed by atoms with Crippen molar-refractivity contribution in [2.75, 3.05) is 19.6 Å². The Labute approximate surface area is 216 Å². The van der Waals surface area contributed by atoms with Gasteiger partial charge in [-0.2, -0.15) is 0 Å². The third-order valence-corrected chi connectivity index (χ3v) is 7.19. The third-order valence-electron chi connectivity index (χ3n) is 7.19. The van der Waals surface area contributed by atoms with Crippen molar-refractivity contribution in [3.8, 4) is 0 Å². The number of carbonyl (C=O) groups excluding carboxylic acids is 1. The number of nitrogens with zero attached hydrogens (tertiary/aromatic N) is 2. The molecule has 1 atom stereocenters. The number of hydrogen-bond donors (Lipinski definition) is 1. The zero-order valence-corrected chi connectivity index (χ0v) is 22.9. The summed E-state index contributed by atoms with van der Waals surface area (Å²) in [6, 6.07) is 0. The van der Waals surface area contributed by atoms with Gasteiger partial charge in [-0.15, -0.1) is 0 Å². The highest BCUT2D eigenvalue weighted by molar-refractivity contribution is 5.80. The SMILES string of the molecule is CCCCCCCCCC/C=C/CCCCCCCCCCCC1=NC=C[N+]1(CCN)CC(=O)[O-]. The number of carboxylic acid groups (broad SMARTS) is 1. The highest BCUT2D eigenvalue weighted by atomic mass is 16.4. The number of aliphatic carboxylic acids is 1. The Bertz CT molecular complexity index is 615. The van der Waals surface area contributed by atoms with Crippen LogP contribution in [0, 0.1) is 0 Å². The van der Waals surface area contributed by atoms with Crippen molar-refractivity contribution in [3.63, 3.8) is 0 Å². The van der Waals surface area contributed by atoms with Crippen LogP contribution in [0.3, 0.4) is 0 Å². The number of quaternary nitrogens is 1. The fourth-order valence-electron chi connectivity index (χ4n) is 5.04. The molecule has 0 saturated carbocycles. The predicted octanol–water partition coefficient (Wildman–Crippen LogP) is 6.77. The summed E-state index contributed by atoms with van der Waals surface area (Å²) in [5.41, 5.74) is 5.72. The summed E-state index contributed by atoms with van der Waals surface area (Å²) in [5, 5.41) is 11.2. The molecule has 0 spiro atoms. The minimum absolute atomic E-state index is 0.0679. The summed E-state index contributed by atoms with van der Waals surface area (Å²) < 4.78 is 0.243. The fourth-order valence-corrected chi connectivity index (χ4v) is 5.04. The number of aliphatic imine (C=N–C) groups is 1. The van der Waals surface area contributed by atoms with E-state index in [1.165, 1.54) is 116 Å². The molecule has 35 heavy (non-hydrogen) atoms. The van der Waals surface area contributed by atoms with Crippen molar-refractivity contribution in [3.05, 3.63) is 24.6 Å². The Kier molecular flexibility index (Phi) is 19.7. The highest BCUT2D eigenvalue weighted by Crippen LogP contribution is 2.21. The number of rotatable bonds is 25. The molecule has 0 aromatic heterocycles. The smallest absolute Gasteiger partial charge is 0.207 e.